The topological polar surface area (TPSA) is 102 Å². The Bertz CT molecular complexity index is 1280. The number of rotatable bonds is 5. The second-order valence-electron chi connectivity index (χ2n) is 8.07. The Kier molecular flexibility index (Phi) is 6.71. The van der Waals surface area contributed by atoms with Crippen molar-refractivity contribution in [2.75, 3.05) is 25.5 Å². The number of methoxy groups -OCH3 is 1. The molecule has 2 amide bonds. The van der Waals surface area contributed by atoms with Gasteiger partial charge in [0, 0.05) is 42.8 Å². The Labute approximate surface area is 199 Å². The molecule has 1 aliphatic heterocycles. The van der Waals surface area contributed by atoms with Gasteiger partial charge < -0.3 is 19.4 Å². The van der Waals surface area contributed by atoms with Crippen molar-refractivity contribution in [3.05, 3.63) is 49.8 Å². The highest BCUT2D eigenvalue weighted by molar-refractivity contribution is 7.13. The molecule has 33 heavy (non-hydrogen) atoms. The van der Waals surface area contributed by atoms with Crippen LogP contribution in [-0.2, 0) is 16.0 Å². The Balaban J connectivity index is 1.45. The number of aromatic nitrogens is 1. The predicted octanol–water partition coefficient (Wildman–Crippen LogP) is 4.13. The van der Waals surface area contributed by atoms with Crippen molar-refractivity contribution in [3.63, 3.8) is 0 Å². The molecule has 3 heterocycles. The fourth-order valence-corrected chi connectivity index (χ4v) is 5.20. The molecule has 4 rings (SSSR count). The number of nitrogens with zero attached hydrogens (tertiary/aromatic N) is 2. The highest BCUT2D eigenvalue weighted by atomic mass is 35.5. The first-order valence-corrected chi connectivity index (χ1v) is 11.8. The standard InChI is InChI=1S/C23H24ClN3O5S/c1-12-15-8-17(24)20(31-3)10-19(15)32-22(30)16(12)9-21(29)27-6-4-14(5-7-27)18-11-33-23(26-18)25-13(2)28/h8,10-11,14H,4-7,9H2,1-3H3,(H,25,26,28). The quantitative estimate of drug-likeness (QED) is 0.541. The lowest BCUT2D eigenvalue weighted by atomic mass is 9.93. The number of anilines is 1. The lowest BCUT2D eigenvalue weighted by Crippen LogP contribution is -2.39. The molecule has 174 valence electrons. The number of aryl methyl sites for hydroxylation is 1. The summed E-state index contributed by atoms with van der Waals surface area (Å²) in [5, 5.41) is 6.34. The van der Waals surface area contributed by atoms with Crippen LogP contribution < -0.4 is 15.7 Å². The van der Waals surface area contributed by atoms with E-state index < -0.39 is 5.63 Å². The van der Waals surface area contributed by atoms with Crippen molar-refractivity contribution in [1.29, 1.82) is 0 Å². The highest BCUT2D eigenvalue weighted by Gasteiger charge is 2.27. The van der Waals surface area contributed by atoms with Gasteiger partial charge in [0.1, 0.15) is 11.3 Å². The van der Waals surface area contributed by atoms with Gasteiger partial charge in [-0.2, -0.15) is 0 Å². The molecular formula is C23H24ClN3O5S. The van der Waals surface area contributed by atoms with Gasteiger partial charge in [-0.15, -0.1) is 11.3 Å². The maximum absolute atomic E-state index is 13.0. The molecule has 1 aromatic carbocycles. The fourth-order valence-electron chi connectivity index (χ4n) is 4.12. The number of carbonyl (C=O) groups is 2. The monoisotopic (exact) mass is 489 g/mol. The molecule has 1 fully saturated rings. The van der Waals surface area contributed by atoms with E-state index in [4.69, 9.17) is 20.8 Å². The van der Waals surface area contributed by atoms with E-state index in [2.05, 4.69) is 10.3 Å². The molecule has 3 aromatic rings. The van der Waals surface area contributed by atoms with E-state index in [-0.39, 0.29) is 24.2 Å². The van der Waals surface area contributed by atoms with Crippen molar-refractivity contribution in [2.24, 2.45) is 0 Å². The van der Waals surface area contributed by atoms with Crippen LogP contribution in [0.3, 0.4) is 0 Å². The van der Waals surface area contributed by atoms with Gasteiger partial charge in [0.05, 0.1) is 29.8 Å². The number of halogens is 1. The largest absolute Gasteiger partial charge is 0.495 e. The summed E-state index contributed by atoms with van der Waals surface area (Å²) >= 11 is 7.64. The Hall–Kier alpha value is -2.91. The molecule has 0 aliphatic carbocycles. The van der Waals surface area contributed by atoms with Gasteiger partial charge in [-0.05, 0) is 31.4 Å². The summed E-state index contributed by atoms with van der Waals surface area (Å²) in [6.45, 7) is 4.41. The summed E-state index contributed by atoms with van der Waals surface area (Å²) in [5.41, 5.74) is 1.81. The summed E-state index contributed by atoms with van der Waals surface area (Å²) in [7, 11) is 1.49. The summed E-state index contributed by atoms with van der Waals surface area (Å²) < 4.78 is 10.7. The lowest BCUT2D eigenvalue weighted by molar-refractivity contribution is -0.131. The number of hydrogen-bond donors (Lipinski definition) is 1. The molecule has 0 saturated carbocycles. The van der Waals surface area contributed by atoms with E-state index in [0.717, 1.165) is 18.5 Å². The van der Waals surface area contributed by atoms with E-state index in [1.54, 1.807) is 24.0 Å². The van der Waals surface area contributed by atoms with Gasteiger partial charge >= 0.3 is 5.63 Å². The van der Waals surface area contributed by atoms with Gasteiger partial charge in [0.25, 0.3) is 0 Å². The summed E-state index contributed by atoms with van der Waals surface area (Å²) in [4.78, 5) is 43.1. The molecular weight excluding hydrogens is 466 g/mol. The normalized spacial score (nSPS) is 14.5. The first-order valence-electron chi connectivity index (χ1n) is 10.6. The molecule has 0 spiro atoms. The number of hydrogen-bond acceptors (Lipinski definition) is 7. The van der Waals surface area contributed by atoms with Crippen molar-refractivity contribution in [2.45, 2.75) is 39.0 Å². The SMILES string of the molecule is COc1cc2oc(=O)c(CC(=O)N3CCC(c4csc(NC(C)=O)n4)CC3)c(C)c2cc1Cl. The fraction of sp³-hybridized carbons (Fsp3) is 0.391. The molecule has 10 heteroatoms. The smallest absolute Gasteiger partial charge is 0.340 e. The van der Waals surface area contributed by atoms with Gasteiger partial charge in [-0.25, -0.2) is 9.78 Å². The van der Waals surface area contributed by atoms with Gasteiger partial charge in [0.15, 0.2) is 5.13 Å². The number of piperidine rings is 1. The molecule has 0 atom stereocenters. The molecule has 1 saturated heterocycles. The molecule has 0 radical (unpaired) electrons. The summed E-state index contributed by atoms with van der Waals surface area (Å²) in [6.07, 6.45) is 1.52. The number of benzene rings is 1. The van der Waals surface area contributed by atoms with Crippen LogP contribution in [0.4, 0.5) is 5.13 Å². The number of ether oxygens (including phenoxy) is 1. The lowest BCUT2D eigenvalue weighted by Gasteiger charge is -2.31. The highest BCUT2D eigenvalue weighted by Crippen LogP contribution is 2.33. The molecule has 1 N–H and O–H groups in total. The second-order valence-corrected chi connectivity index (χ2v) is 9.33. The van der Waals surface area contributed by atoms with E-state index in [1.807, 2.05) is 5.38 Å². The molecule has 2 aromatic heterocycles. The van der Waals surface area contributed by atoms with Crippen LogP contribution in [0.25, 0.3) is 11.0 Å². The second kappa shape index (κ2) is 9.52. The van der Waals surface area contributed by atoms with E-state index in [0.29, 0.717) is 51.1 Å². The van der Waals surface area contributed by atoms with Crippen LogP contribution in [0.1, 0.15) is 42.5 Å². The van der Waals surface area contributed by atoms with Crippen molar-refractivity contribution in [3.8, 4) is 5.75 Å². The third-order valence-corrected chi connectivity index (χ3v) is 7.03. The van der Waals surface area contributed by atoms with Gasteiger partial charge in [0.2, 0.25) is 11.8 Å². The number of fused-ring (bicyclic) bond motifs is 1. The summed E-state index contributed by atoms with van der Waals surface area (Å²) in [6, 6.07) is 3.27. The van der Waals surface area contributed by atoms with E-state index in [9.17, 15) is 14.4 Å². The Morgan fingerprint density at radius 1 is 1.33 bits per heavy atom. The number of carbonyl (C=O) groups excluding carboxylic acids is 2. The maximum Gasteiger partial charge on any atom is 0.340 e. The van der Waals surface area contributed by atoms with E-state index >= 15 is 0 Å². The molecule has 0 bridgehead atoms. The Morgan fingerprint density at radius 2 is 2.06 bits per heavy atom. The third kappa shape index (κ3) is 4.89. The van der Waals surface area contributed by atoms with Gasteiger partial charge in [-0.1, -0.05) is 11.6 Å². The van der Waals surface area contributed by atoms with Crippen molar-refractivity contribution >= 4 is 50.9 Å². The molecule has 0 unspecified atom stereocenters. The first kappa shape index (κ1) is 23.3. The average Bonchev–Trinajstić information content (AvgIpc) is 3.24. The van der Waals surface area contributed by atoms with Crippen LogP contribution in [-0.4, -0.2) is 41.9 Å². The zero-order chi connectivity index (χ0) is 23.7. The van der Waals surface area contributed by atoms with Crippen molar-refractivity contribution in [1.82, 2.24) is 9.88 Å². The predicted molar refractivity (Wildman–Crippen MR) is 127 cm³/mol. The van der Waals surface area contributed by atoms with Crippen LogP contribution in [0, 0.1) is 6.92 Å². The van der Waals surface area contributed by atoms with Crippen molar-refractivity contribution < 1.29 is 18.7 Å². The number of nitrogens with one attached hydrogen (secondary N) is 1. The number of thiazole rings is 1. The van der Waals surface area contributed by atoms with Crippen LogP contribution in [0.5, 0.6) is 5.75 Å². The minimum atomic E-state index is -0.527. The third-order valence-electron chi connectivity index (χ3n) is 5.96. The number of amides is 2. The molecule has 1 aliphatic rings. The maximum atomic E-state index is 13.0. The zero-order valence-corrected chi connectivity index (χ0v) is 20.1. The first-order chi connectivity index (χ1) is 15.8. The number of likely N-dealkylation sites (tertiary alicyclic amines) is 1. The Morgan fingerprint density at radius 3 is 2.73 bits per heavy atom. The van der Waals surface area contributed by atoms with Crippen LogP contribution in [0.2, 0.25) is 5.02 Å². The van der Waals surface area contributed by atoms with Gasteiger partial charge in [-0.3, -0.25) is 9.59 Å². The zero-order valence-electron chi connectivity index (χ0n) is 18.6. The minimum absolute atomic E-state index is 0.0260. The average molecular weight is 490 g/mol. The van der Waals surface area contributed by atoms with E-state index in [1.165, 1.54) is 25.4 Å². The summed E-state index contributed by atoms with van der Waals surface area (Å²) in [5.74, 6) is 0.395. The van der Waals surface area contributed by atoms with Crippen LogP contribution in [0.15, 0.2) is 26.7 Å². The molecule has 8 nitrogen and oxygen atoms in total. The minimum Gasteiger partial charge on any atom is -0.495 e. The van der Waals surface area contributed by atoms with Crippen LogP contribution >= 0.6 is 22.9 Å².